The average Bonchev–Trinajstić information content (AvgIpc) is 2.39. The highest BCUT2D eigenvalue weighted by Crippen LogP contribution is 2.22. The second kappa shape index (κ2) is 5.91. The van der Waals surface area contributed by atoms with Gasteiger partial charge in [0.25, 0.3) is 5.91 Å². The number of hydrogen-bond donors (Lipinski definition) is 0. The molecule has 0 aliphatic carbocycles. The fraction of sp³-hybridized carbons (Fsp3) is 0.462. The smallest absolute Gasteiger partial charge is 0.253 e. The Morgan fingerprint density at radius 3 is 2.82 bits per heavy atom. The van der Waals surface area contributed by atoms with Gasteiger partial charge in [-0.05, 0) is 30.7 Å². The highest BCUT2D eigenvalue weighted by Gasteiger charge is 2.23. The summed E-state index contributed by atoms with van der Waals surface area (Å²) >= 11 is 5.36. The zero-order valence-corrected chi connectivity index (χ0v) is 12.3. The van der Waals surface area contributed by atoms with Gasteiger partial charge in [-0.15, -0.1) is 0 Å². The number of amides is 1. The van der Waals surface area contributed by atoms with Crippen LogP contribution >= 0.6 is 27.7 Å². The van der Waals surface area contributed by atoms with Crippen molar-refractivity contribution in [2.75, 3.05) is 18.8 Å². The lowest BCUT2D eigenvalue weighted by Gasteiger charge is -2.32. The number of carbonyl (C=O) groups is 1. The van der Waals surface area contributed by atoms with Crippen LogP contribution in [-0.2, 0) is 0 Å². The molecule has 2 rings (SSSR count). The van der Waals surface area contributed by atoms with Crippen LogP contribution < -0.4 is 0 Å². The highest BCUT2D eigenvalue weighted by atomic mass is 79.9. The summed E-state index contributed by atoms with van der Waals surface area (Å²) in [5, 5.41) is 0.600. The molecule has 1 amide bonds. The van der Waals surface area contributed by atoms with Crippen LogP contribution in [0.1, 0.15) is 23.7 Å². The van der Waals surface area contributed by atoms with Gasteiger partial charge in [0.1, 0.15) is 0 Å². The number of thioether (sulfide) groups is 1. The summed E-state index contributed by atoms with van der Waals surface area (Å²) in [6.07, 6.45) is 1.13. The minimum Gasteiger partial charge on any atom is -0.337 e. The molecular formula is C13H16BrNOS. The molecule has 0 saturated carbocycles. The molecule has 17 heavy (non-hydrogen) atoms. The summed E-state index contributed by atoms with van der Waals surface area (Å²) in [6.45, 7) is 3.94. The van der Waals surface area contributed by atoms with Crippen LogP contribution in [0.2, 0.25) is 0 Å². The van der Waals surface area contributed by atoms with Crippen molar-refractivity contribution in [3.8, 4) is 0 Å². The van der Waals surface area contributed by atoms with Gasteiger partial charge in [0.15, 0.2) is 0 Å². The standard InChI is InChI=1S/C13H16BrNOS/c1-2-12-9-15(7-8-17-12)13(16)10-3-5-11(14)6-4-10/h3-6,12H,2,7-9H2,1H3. The summed E-state index contributed by atoms with van der Waals surface area (Å²) in [7, 11) is 0. The number of carbonyl (C=O) groups excluding carboxylic acids is 1. The lowest BCUT2D eigenvalue weighted by Crippen LogP contribution is -2.41. The first-order valence-electron chi connectivity index (χ1n) is 5.87. The van der Waals surface area contributed by atoms with E-state index in [4.69, 9.17) is 0 Å². The molecule has 1 aliphatic rings. The van der Waals surface area contributed by atoms with Crippen molar-refractivity contribution in [3.63, 3.8) is 0 Å². The number of benzene rings is 1. The summed E-state index contributed by atoms with van der Waals surface area (Å²) in [5.74, 6) is 1.22. The molecule has 2 nitrogen and oxygen atoms in total. The maximum Gasteiger partial charge on any atom is 0.253 e. The van der Waals surface area contributed by atoms with E-state index >= 15 is 0 Å². The van der Waals surface area contributed by atoms with Crippen molar-refractivity contribution in [2.45, 2.75) is 18.6 Å². The SMILES string of the molecule is CCC1CN(C(=O)c2ccc(Br)cc2)CCS1. The van der Waals surface area contributed by atoms with Gasteiger partial charge in [0, 0.05) is 34.1 Å². The molecule has 0 aromatic heterocycles. The topological polar surface area (TPSA) is 20.3 Å². The molecule has 0 bridgehead atoms. The summed E-state index contributed by atoms with van der Waals surface area (Å²) in [6, 6.07) is 7.61. The molecule has 1 saturated heterocycles. The van der Waals surface area contributed by atoms with Gasteiger partial charge in [-0.25, -0.2) is 0 Å². The first-order chi connectivity index (χ1) is 8.20. The van der Waals surface area contributed by atoms with E-state index in [1.165, 1.54) is 0 Å². The predicted molar refractivity (Wildman–Crippen MR) is 76.6 cm³/mol. The van der Waals surface area contributed by atoms with Crippen LogP contribution in [0.25, 0.3) is 0 Å². The van der Waals surface area contributed by atoms with Gasteiger partial charge < -0.3 is 4.90 Å². The monoisotopic (exact) mass is 313 g/mol. The summed E-state index contributed by atoms with van der Waals surface area (Å²) in [4.78, 5) is 14.3. The van der Waals surface area contributed by atoms with Gasteiger partial charge in [-0.1, -0.05) is 22.9 Å². The third kappa shape index (κ3) is 3.26. The average molecular weight is 314 g/mol. The van der Waals surface area contributed by atoms with E-state index in [-0.39, 0.29) is 5.91 Å². The second-order valence-electron chi connectivity index (χ2n) is 4.16. The second-order valence-corrected chi connectivity index (χ2v) is 6.48. The van der Waals surface area contributed by atoms with Gasteiger partial charge in [-0.3, -0.25) is 4.79 Å². The number of nitrogens with zero attached hydrogens (tertiary/aromatic N) is 1. The zero-order chi connectivity index (χ0) is 12.3. The van der Waals surface area contributed by atoms with E-state index in [2.05, 4.69) is 22.9 Å². The van der Waals surface area contributed by atoms with Crippen LogP contribution in [0.15, 0.2) is 28.7 Å². The Bertz CT molecular complexity index is 393. The van der Waals surface area contributed by atoms with Gasteiger partial charge in [-0.2, -0.15) is 11.8 Å². The van der Waals surface area contributed by atoms with Gasteiger partial charge >= 0.3 is 0 Å². The quantitative estimate of drug-likeness (QED) is 0.834. The van der Waals surface area contributed by atoms with Crippen LogP contribution in [-0.4, -0.2) is 34.9 Å². The van der Waals surface area contributed by atoms with Crippen LogP contribution in [0.5, 0.6) is 0 Å². The minimum absolute atomic E-state index is 0.163. The maximum absolute atomic E-state index is 12.3. The van der Waals surface area contributed by atoms with Gasteiger partial charge in [0.2, 0.25) is 0 Å². The molecule has 1 fully saturated rings. The molecule has 0 radical (unpaired) electrons. The molecule has 4 heteroatoms. The Kier molecular flexibility index (Phi) is 4.51. The van der Waals surface area contributed by atoms with Crippen molar-refractivity contribution >= 4 is 33.6 Å². The Morgan fingerprint density at radius 1 is 1.47 bits per heavy atom. The Balaban J connectivity index is 2.06. The molecule has 0 spiro atoms. The van der Waals surface area contributed by atoms with Crippen LogP contribution in [0.3, 0.4) is 0 Å². The van der Waals surface area contributed by atoms with E-state index in [1.807, 2.05) is 40.9 Å². The Hall–Kier alpha value is -0.480. The lowest BCUT2D eigenvalue weighted by atomic mass is 10.2. The minimum atomic E-state index is 0.163. The molecule has 1 unspecified atom stereocenters. The molecule has 1 aromatic rings. The van der Waals surface area contributed by atoms with Crippen molar-refractivity contribution in [1.82, 2.24) is 4.90 Å². The first-order valence-corrected chi connectivity index (χ1v) is 7.71. The van der Waals surface area contributed by atoms with Crippen molar-refractivity contribution in [1.29, 1.82) is 0 Å². The third-order valence-electron chi connectivity index (χ3n) is 2.97. The lowest BCUT2D eigenvalue weighted by molar-refractivity contribution is 0.0761. The maximum atomic E-state index is 12.3. The molecule has 1 aromatic carbocycles. The molecule has 92 valence electrons. The van der Waals surface area contributed by atoms with Crippen molar-refractivity contribution < 1.29 is 4.79 Å². The first kappa shape index (κ1) is 13.0. The number of hydrogen-bond acceptors (Lipinski definition) is 2. The highest BCUT2D eigenvalue weighted by molar-refractivity contribution is 9.10. The Morgan fingerprint density at radius 2 is 2.18 bits per heavy atom. The molecule has 1 aliphatic heterocycles. The van der Waals surface area contributed by atoms with E-state index in [1.54, 1.807) is 0 Å². The summed E-state index contributed by atoms with van der Waals surface area (Å²) in [5.41, 5.74) is 0.787. The van der Waals surface area contributed by atoms with E-state index in [0.29, 0.717) is 5.25 Å². The largest absolute Gasteiger partial charge is 0.337 e. The molecular weight excluding hydrogens is 298 g/mol. The third-order valence-corrected chi connectivity index (χ3v) is 4.87. The normalized spacial score (nSPS) is 20.4. The predicted octanol–water partition coefficient (Wildman–Crippen LogP) is 3.42. The molecule has 0 N–H and O–H groups in total. The molecule has 1 heterocycles. The fourth-order valence-electron chi connectivity index (χ4n) is 1.93. The van der Waals surface area contributed by atoms with Crippen LogP contribution in [0.4, 0.5) is 0 Å². The van der Waals surface area contributed by atoms with Crippen LogP contribution in [0, 0.1) is 0 Å². The van der Waals surface area contributed by atoms with E-state index in [0.717, 1.165) is 35.3 Å². The number of rotatable bonds is 2. The zero-order valence-electron chi connectivity index (χ0n) is 9.86. The van der Waals surface area contributed by atoms with E-state index < -0.39 is 0 Å². The van der Waals surface area contributed by atoms with E-state index in [9.17, 15) is 4.79 Å². The van der Waals surface area contributed by atoms with Crippen molar-refractivity contribution in [2.24, 2.45) is 0 Å². The number of halogens is 1. The van der Waals surface area contributed by atoms with Gasteiger partial charge in [0.05, 0.1) is 0 Å². The fourth-order valence-corrected chi connectivity index (χ4v) is 3.37. The van der Waals surface area contributed by atoms with Crippen molar-refractivity contribution in [3.05, 3.63) is 34.3 Å². The molecule has 1 atom stereocenters. The summed E-state index contributed by atoms with van der Waals surface area (Å²) < 4.78 is 1.01. The Labute approximate surface area is 115 Å².